The summed E-state index contributed by atoms with van der Waals surface area (Å²) in [4.78, 5) is 24.1. The topological polar surface area (TPSA) is 46.1 Å². The van der Waals surface area contributed by atoms with E-state index in [9.17, 15) is 4.79 Å². The number of pyridine rings is 1. The number of benzene rings is 2. The monoisotopic (exact) mass is 387 g/mol. The molecule has 2 heterocycles. The Morgan fingerprint density at radius 2 is 1.82 bits per heavy atom. The first-order valence-corrected chi connectivity index (χ1v) is 9.99. The number of hydrogen-bond donors (Lipinski definition) is 0. The Bertz CT molecular complexity index is 1130. The van der Waals surface area contributed by atoms with Gasteiger partial charge in [0.05, 0.1) is 16.8 Å². The summed E-state index contributed by atoms with van der Waals surface area (Å²) in [7, 11) is 0. The zero-order valence-corrected chi connectivity index (χ0v) is 17.0. The predicted octanol–water partition coefficient (Wildman–Crippen LogP) is 5.46. The van der Waals surface area contributed by atoms with E-state index in [1.807, 2.05) is 43.3 Å². The Hall–Kier alpha value is -3.05. The summed E-state index contributed by atoms with van der Waals surface area (Å²) in [5.41, 5.74) is 6.07. The van der Waals surface area contributed by atoms with Crippen LogP contribution in [0, 0.1) is 20.8 Å². The van der Waals surface area contributed by atoms with E-state index in [-0.39, 0.29) is 5.91 Å². The van der Waals surface area contributed by atoms with Gasteiger partial charge in [-0.3, -0.25) is 14.7 Å². The number of aryl methyl sites for hydroxylation is 3. The van der Waals surface area contributed by atoms with E-state index in [1.165, 1.54) is 5.56 Å². The van der Waals surface area contributed by atoms with Crippen molar-refractivity contribution >= 4 is 32.6 Å². The lowest BCUT2D eigenvalue weighted by atomic mass is 10.1. The molecule has 0 bridgehead atoms. The fraction of sp³-hybridized carbons (Fsp3) is 0.174. The minimum Gasteiger partial charge on any atom is -0.279 e. The molecule has 4 rings (SSSR count). The average molecular weight is 388 g/mol. The van der Waals surface area contributed by atoms with Gasteiger partial charge in [-0.1, -0.05) is 41.2 Å². The molecule has 140 valence electrons. The quantitative estimate of drug-likeness (QED) is 0.467. The zero-order chi connectivity index (χ0) is 19.7. The molecular weight excluding hydrogens is 366 g/mol. The van der Waals surface area contributed by atoms with Gasteiger partial charge >= 0.3 is 0 Å². The van der Waals surface area contributed by atoms with Crippen molar-refractivity contribution in [3.63, 3.8) is 0 Å². The average Bonchev–Trinajstić information content (AvgIpc) is 3.15. The highest BCUT2D eigenvalue weighted by atomic mass is 32.1. The third kappa shape index (κ3) is 3.53. The van der Waals surface area contributed by atoms with Crippen LogP contribution in [0.1, 0.15) is 32.6 Å². The molecule has 4 nitrogen and oxygen atoms in total. The molecule has 0 aliphatic carbocycles. The van der Waals surface area contributed by atoms with Crippen LogP contribution in [0.3, 0.4) is 0 Å². The first-order valence-electron chi connectivity index (χ1n) is 9.17. The number of fused-ring (bicyclic) bond motifs is 1. The number of hydrogen-bond acceptors (Lipinski definition) is 4. The van der Waals surface area contributed by atoms with Crippen molar-refractivity contribution in [1.29, 1.82) is 0 Å². The van der Waals surface area contributed by atoms with Gasteiger partial charge in [-0.25, -0.2) is 4.98 Å². The molecule has 0 spiro atoms. The molecule has 0 radical (unpaired) electrons. The Morgan fingerprint density at radius 3 is 2.54 bits per heavy atom. The molecule has 0 unspecified atom stereocenters. The first-order chi connectivity index (χ1) is 13.5. The molecule has 5 heteroatoms. The lowest BCUT2D eigenvalue weighted by Gasteiger charge is -2.20. The Balaban J connectivity index is 1.79. The van der Waals surface area contributed by atoms with E-state index in [0.717, 1.165) is 26.9 Å². The number of amides is 1. The highest BCUT2D eigenvalue weighted by Crippen LogP contribution is 2.33. The van der Waals surface area contributed by atoms with Crippen molar-refractivity contribution in [2.75, 3.05) is 4.90 Å². The Morgan fingerprint density at radius 1 is 1.04 bits per heavy atom. The van der Waals surface area contributed by atoms with Crippen LogP contribution >= 0.6 is 11.3 Å². The SMILES string of the molecule is Cc1ccc(C(=O)N(Cc2cccnc2)c2nc3c(C)c(C)ccc3s2)cc1. The van der Waals surface area contributed by atoms with Gasteiger partial charge in [0.25, 0.3) is 5.91 Å². The van der Waals surface area contributed by atoms with Crippen LogP contribution in [0.4, 0.5) is 5.13 Å². The highest BCUT2D eigenvalue weighted by molar-refractivity contribution is 7.22. The zero-order valence-electron chi connectivity index (χ0n) is 16.1. The van der Waals surface area contributed by atoms with Crippen LogP contribution < -0.4 is 4.90 Å². The molecule has 0 N–H and O–H groups in total. The standard InChI is InChI=1S/C23H21N3OS/c1-15-6-9-19(10-7-15)22(27)26(14-18-5-4-12-24-13-18)23-25-21-17(3)16(2)8-11-20(21)28-23/h4-13H,14H2,1-3H3. The number of aromatic nitrogens is 2. The van der Waals surface area contributed by atoms with Crippen LogP contribution in [0.15, 0.2) is 60.9 Å². The van der Waals surface area contributed by atoms with Crippen LogP contribution in [0.25, 0.3) is 10.2 Å². The van der Waals surface area contributed by atoms with Gasteiger partial charge in [0.15, 0.2) is 5.13 Å². The van der Waals surface area contributed by atoms with Crippen LogP contribution in [-0.2, 0) is 6.54 Å². The molecule has 0 aliphatic heterocycles. The van der Waals surface area contributed by atoms with Gasteiger partial charge in [0, 0.05) is 18.0 Å². The molecule has 4 aromatic rings. The Kier molecular flexibility index (Phi) is 4.92. The van der Waals surface area contributed by atoms with Crippen LogP contribution in [-0.4, -0.2) is 15.9 Å². The number of thiazole rings is 1. The molecule has 2 aromatic carbocycles. The van der Waals surface area contributed by atoms with E-state index < -0.39 is 0 Å². The van der Waals surface area contributed by atoms with Crippen molar-refractivity contribution < 1.29 is 4.79 Å². The van der Waals surface area contributed by atoms with Crippen molar-refractivity contribution in [2.24, 2.45) is 0 Å². The van der Waals surface area contributed by atoms with E-state index >= 15 is 0 Å². The molecule has 2 aromatic heterocycles. The normalized spacial score (nSPS) is 11.0. The van der Waals surface area contributed by atoms with Gasteiger partial charge < -0.3 is 0 Å². The molecule has 1 amide bonds. The van der Waals surface area contributed by atoms with E-state index in [1.54, 1.807) is 28.6 Å². The van der Waals surface area contributed by atoms with Crippen molar-refractivity contribution in [2.45, 2.75) is 27.3 Å². The van der Waals surface area contributed by atoms with Gasteiger partial charge in [-0.15, -0.1) is 0 Å². The summed E-state index contributed by atoms with van der Waals surface area (Å²) in [6.07, 6.45) is 3.53. The number of carbonyl (C=O) groups excluding carboxylic acids is 1. The number of rotatable bonds is 4. The molecule has 0 aliphatic rings. The molecule has 0 atom stereocenters. The summed E-state index contributed by atoms with van der Waals surface area (Å²) in [5, 5.41) is 0.707. The number of nitrogens with zero attached hydrogens (tertiary/aromatic N) is 3. The smallest absolute Gasteiger partial charge is 0.260 e. The lowest BCUT2D eigenvalue weighted by Crippen LogP contribution is -2.30. The van der Waals surface area contributed by atoms with Gasteiger partial charge in [-0.2, -0.15) is 0 Å². The molecule has 28 heavy (non-hydrogen) atoms. The summed E-state index contributed by atoms with van der Waals surface area (Å²) in [5.74, 6) is -0.0581. The summed E-state index contributed by atoms with van der Waals surface area (Å²) >= 11 is 1.55. The van der Waals surface area contributed by atoms with Gasteiger partial charge in [0.2, 0.25) is 0 Å². The second-order valence-corrected chi connectivity index (χ2v) is 7.98. The third-order valence-electron chi connectivity index (χ3n) is 4.91. The minimum absolute atomic E-state index is 0.0581. The predicted molar refractivity (Wildman–Crippen MR) is 115 cm³/mol. The fourth-order valence-corrected chi connectivity index (χ4v) is 4.11. The summed E-state index contributed by atoms with van der Waals surface area (Å²) < 4.78 is 1.09. The molecule has 0 fully saturated rings. The summed E-state index contributed by atoms with van der Waals surface area (Å²) in [6.45, 7) is 6.60. The fourth-order valence-electron chi connectivity index (χ4n) is 3.08. The Labute approximate surface area is 168 Å². The number of anilines is 1. The highest BCUT2D eigenvalue weighted by Gasteiger charge is 2.22. The minimum atomic E-state index is -0.0581. The molecule has 0 saturated heterocycles. The maximum absolute atomic E-state index is 13.4. The second kappa shape index (κ2) is 7.52. The molecule has 0 saturated carbocycles. The third-order valence-corrected chi connectivity index (χ3v) is 5.96. The van der Waals surface area contributed by atoms with Crippen molar-refractivity contribution in [1.82, 2.24) is 9.97 Å². The maximum atomic E-state index is 13.4. The lowest BCUT2D eigenvalue weighted by molar-refractivity contribution is 0.0985. The van der Waals surface area contributed by atoms with Crippen LogP contribution in [0.5, 0.6) is 0 Å². The van der Waals surface area contributed by atoms with E-state index in [4.69, 9.17) is 4.98 Å². The van der Waals surface area contributed by atoms with Gasteiger partial charge in [-0.05, 0) is 61.7 Å². The van der Waals surface area contributed by atoms with E-state index in [2.05, 4.69) is 31.0 Å². The van der Waals surface area contributed by atoms with E-state index in [0.29, 0.717) is 17.2 Å². The van der Waals surface area contributed by atoms with Crippen LogP contribution in [0.2, 0.25) is 0 Å². The van der Waals surface area contributed by atoms with Crippen molar-refractivity contribution in [3.05, 3.63) is 88.7 Å². The maximum Gasteiger partial charge on any atom is 0.260 e. The summed E-state index contributed by atoms with van der Waals surface area (Å²) in [6, 6.07) is 15.7. The van der Waals surface area contributed by atoms with Crippen molar-refractivity contribution in [3.8, 4) is 0 Å². The van der Waals surface area contributed by atoms with Gasteiger partial charge in [0.1, 0.15) is 0 Å². The number of carbonyl (C=O) groups is 1. The largest absolute Gasteiger partial charge is 0.279 e. The molecular formula is C23H21N3OS. The second-order valence-electron chi connectivity index (χ2n) is 6.97. The first kappa shape index (κ1) is 18.3.